The average Bonchev–Trinajstić information content (AvgIpc) is 2.99. The second kappa shape index (κ2) is 5.84. The highest BCUT2D eigenvalue weighted by molar-refractivity contribution is 5.06. The molecule has 1 aromatic heterocycles. The van der Waals surface area contributed by atoms with E-state index in [0.29, 0.717) is 5.92 Å². The number of nitrogens with one attached hydrogen (secondary N) is 1. The highest BCUT2D eigenvalue weighted by atomic mass is 16.5. The fourth-order valence-corrected chi connectivity index (χ4v) is 3.76. The molecule has 3 rings (SSSR count). The number of rotatable bonds is 3. The molecule has 1 saturated carbocycles. The molecule has 0 spiro atoms. The maximum absolute atomic E-state index is 5.61. The first kappa shape index (κ1) is 14.1. The molecule has 1 aliphatic carbocycles. The van der Waals surface area contributed by atoms with Gasteiger partial charge >= 0.3 is 0 Å². The van der Waals surface area contributed by atoms with Gasteiger partial charge in [0.15, 0.2) is 5.82 Å². The minimum absolute atomic E-state index is 0.109. The Kier molecular flexibility index (Phi) is 4.11. The molecule has 1 aromatic rings. The zero-order valence-corrected chi connectivity index (χ0v) is 12.8. The van der Waals surface area contributed by atoms with E-state index in [-0.39, 0.29) is 5.54 Å². The van der Waals surface area contributed by atoms with Crippen molar-refractivity contribution >= 4 is 0 Å². The number of piperidine rings is 1. The minimum atomic E-state index is -0.109. The number of aromatic nitrogens is 2. The number of nitrogens with zero attached hydrogens (tertiary/aromatic N) is 2. The summed E-state index contributed by atoms with van der Waals surface area (Å²) < 4.78 is 5.61. The van der Waals surface area contributed by atoms with Gasteiger partial charge in [0, 0.05) is 5.92 Å². The molecular formula is C16H27N3O. The molecule has 2 heterocycles. The zero-order chi connectivity index (χ0) is 14.0. The van der Waals surface area contributed by atoms with Gasteiger partial charge in [0.25, 0.3) is 0 Å². The van der Waals surface area contributed by atoms with Gasteiger partial charge in [-0.2, -0.15) is 4.98 Å². The predicted octanol–water partition coefficient (Wildman–Crippen LogP) is 3.74. The molecule has 4 heteroatoms. The third kappa shape index (κ3) is 2.76. The maximum atomic E-state index is 5.61. The summed E-state index contributed by atoms with van der Waals surface area (Å²) in [7, 11) is 0. The van der Waals surface area contributed by atoms with E-state index in [1.807, 2.05) is 0 Å². The monoisotopic (exact) mass is 277 g/mol. The largest absolute Gasteiger partial charge is 0.337 e. The molecule has 112 valence electrons. The molecule has 1 saturated heterocycles. The van der Waals surface area contributed by atoms with Gasteiger partial charge < -0.3 is 9.84 Å². The van der Waals surface area contributed by atoms with Crippen LogP contribution in [0.5, 0.6) is 0 Å². The Balaban J connectivity index is 1.73. The Bertz CT molecular complexity index is 437. The first-order valence-electron chi connectivity index (χ1n) is 8.30. The van der Waals surface area contributed by atoms with Gasteiger partial charge in [-0.15, -0.1) is 0 Å². The van der Waals surface area contributed by atoms with Crippen LogP contribution in [0, 0.1) is 5.92 Å². The molecule has 1 aliphatic heterocycles. The van der Waals surface area contributed by atoms with E-state index in [1.54, 1.807) is 0 Å². The molecule has 2 aliphatic rings. The van der Waals surface area contributed by atoms with Crippen LogP contribution in [0.15, 0.2) is 4.52 Å². The van der Waals surface area contributed by atoms with Crippen LogP contribution in [0.3, 0.4) is 0 Å². The Morgan fingerprint density at radius 3 is 2.95 bits per heavy atom. The van der Waals surface area contributed by atoms with Crippen LogP contribution >= 0.6 is 0 Å². The molecule has 2 fully saturated rings. The molecule has 0 radical (unpaired) electrons. The normalized spacial score (nSPS) is 35.1. The summed E-state index contributed by atoms with van der Waals surface area (Å²) in [4.78, 5) is 4.76. The molecule has 1 N–H and O–H groups in total. The van der Waals surface area contributed by atoms with Crippen molar-refractivity contribution in [3.63, 3.8) is 0 Å². The summed E-state index contributed by atoms with van der Waals surface area (Å²) in [5.41, 5.74) is -0.109. The zero-order valence-electron chi connectivity index (χ0n) is 12.8. The van der Waals surface area contributed by atoms with Gasteiger partial charge in [0.2, 0.25) is 5.89 Å². The van der Waals surface area contributed by atoms with Crippen molar-refractivity contribution < 1.29 is 4.52 Å². The second-order valence-corrected chi connectivity index (χ2v) is 6.81. The average molecular weight is 277 g/mol. The van der Waals surface area contributed by atoms with Crippen molar-refractivity contribution in [1.29, 1.82) is 0 Å². The fraction of sp³-hybridized carbons (Fsp3) is 0.875. The van der Waals surface area contributed by atoms with E-state index in [9.17, 15) is 0 Å². The summed E-state index contributed by atoms with van der Waals surface area (Å²) in [6.07, 6.45) is 10.00. The maximum Gasteiger partial charge on any atom is 0.246 e. The third-order valence-electron chi connectivity index (χ3n) is 5.26. The van der Waals surface area contributed by atoms with E-state index < -0.39 is 0 Å². The van der Waals surface area contributed by atoms with Crippen LogP contribution in [0.25, 0.3) is 0 Å². The first-order valence-corrected chi connectivity index (χ1v) is 8.30. The molecule has 20 heavy (non-hydrogen) atoms. The van der Waals surface area contributed by atoms with Gasteiger partial charge in [-0.3, -0.25) is 0 Å². The van der Waals surface area contributed by atoms with E-state index in [1.165, 1.54) is 44.9 Å². The van der Waals surface area contributed by atoms with Gasteiger partial charge in [-0.05, 0) is 51.5 Å². The van der Waals surface area contributed by atoms with Crippen LogP contribution < -0.4 is 5.32 Å². The van der Waals surface area contributed by atoms with Gasteiger partial charge in [0.1, 0.15) is 0 Å². The Morgan fingerprint density at radius 2 is 2.20 bits per heavy atom. The van der Waals surface area contributed by atoms with Crippen molar-refractivity contribution in [3.05, 3.63) is 11.7 Å². The smallest absolute Gasteiger partial charge is 0.246 e. The van der Waals surface area contributed by atoms with Crippen LogP contribution in [0.1, 0.15) is 82.8 Å². The van der Waals surface area contributed by atoms with E-state index in [2.05, 4.69) is 24.3 Å². The lowest BCUT2D eigenvalue weighted by atomic mass is 9.80. The van der Waals surface area contributed by atoms with E-state index in [4.69, 9.17) is 9.51 Å². The predicted molar refractivity (Wildman–Crippen MR) is 78.5 cm³/mol. The topological polar surface area (TPSA) is 51.0 Å². The second-order valence-electron chi connectivity index (χ2n) is 6.81. The van der Waals surface area contributed by atoms with Crippen LogP contribution in [0.4, 0.5) is 0 Å². The molecule has 3 unspecified atom stereocenters. The molecule has 3 atom stereocenters. The summed E-state index contributed by atoms with van der Waals surface area (Å²) in [5, 5.41) is 7.85. The summed E-state index contributed by atoms with van der Waals surface area (Å²) in [5.74, 6) is 3.11. The Labute approximate surface area is 121 Å². The SMILES string of the molecule is CCC1CCCC(c2noc(C3(C)CCCCN3)n2)C1. The lowest BCUT2D eigenvalue weighted by Crippen LogP contribution is -2.43. The van der Waals surface area contributed by atoms with Crippen molar-refractivity contribution in [2.24, 2.45) is 5.92 Å². The summed E-state index contributed by atoms with van der Waals surface area (Å²) >= 11 is 0. The third-order valence-corrected chi connectivity index (χ3v) is 5.26. The molecule has 0 bridgehead atoms. The first-order chi connectivity index (χ1) is 9.71. The van der Waals surface area contributed by atoms with Crippen molar-refractivity contribution in [2.75, 3.05) is 6.54 Å². The Morgan fingerprint density at radius 1 is 1.30 bits per heavy atom. The van der Waals surface area contributed by atoms with Crippen LogP contribution in [0.2, 0.25) is 0 Å². The van der Waals surface area contributed by atoms with Crippen molar-refractivity contribution in [1.82, 2.24) is 15.5 Å². The lowest BCUT2D eigenvalue weighted by molar-refractivity contribution is 0.206. The highest BCUT2D eigenvalue weighted by Crippen LogP contribution is 2.37. The fourth-order valence-electron chi connectivity index (χ4n) is 3.76. The lowest BCUT2D eigenvalue weighted by Gasteiger charge is -2.31. The van der Waals surface area contributed by atoms with Gasteiger partial charge in [-0.25, -0.2) is 0 Å². The number of hydrogen-bond acceptors (Lipinski definition) is 4. The molecule has 0 aromatic carbocycles. The number of hydrogen-bond donors (Lipinski definition) is 1. The molecule has 4 nitrogen and oxygen atoms in total. The van der Waals surface area contributed by atoms with Gasteiger partial charge in [0.05, 0.1) is 5.54 Å². The van der Waals surface area contributed by atoms with Crippen molar-refractivity contribution in [3.8, 4) is 0 Å². The minimum Gasteiger partial charge on any atom is -0.337 e. The van der Waals surface area contributed by atoms with Crippen molar-refractivity contribution in [2.45, 2.75) is 76.7 Å². The van der Waals surface area contributed by atoms with Crippen LogP contribution in [-0.2, 0) is 5.54 Å². The highest BCUT2D eigenvalue weighted by Gasteiger charge is 2.35. The van der Waals surface area contributed by atoms with E-state index >= 15 is 0 Å². The quantitative estimate of drug-likeness (QED) is 0.914. The van der Waals surface area contributed by atoms with Crippen LogP contribution in [-0.4, -0.2) is 16.7 Å². The molecular weight excluding hydrogens is 250 g/mol. The van der Waals surface area contributed by atoms with E-state index in [0.717, 1.165) is 30.6 Å². The van der Waals surface area contributed by atoms with Gasteiger partial charge in [-0.1, -0.05) is 31.3 Å². The standard InChI is InChI=1S/C16H27N3O/c1-3-12-7-6-8-13(11-12)14-18-15(20-19-14)16(2)9-4-5-10-17-16/h12-13,17H,3-11H2,1-2H3. The summed E-state index contributed by atoms with van der Waals surface area (Å²) in [6, 6.07) is 0. The Hall–Kier alpha value is -0.900. The molecule has 0 amide bonds. The summed E-state index contributed by atoms with van der Waals surface area (Å²) in [6.45, 7) is 5.54.